The Labute approximate surface area is 78.2 Å². The summed E-state index contributed by atoms with van der Waals surface area (Å²) in [7, 11) is 0. The molecule has 0 aliphatic carbocycles. The first-order valence-electron chi connectivity index (χ1n) is 4.14. The molecule has 0 bridgehead atoms. The van der Waals surface area contributed by atoms with E-state index in [0.29, 0.717) is 16.7 Å². The molecule has 2 heteroatoms. The second-order valence-electron chi connectivity index (χ2n) is 3.19. The molecule has 1 aromatic carbocycles. The third-order valence-electron chi connectivity index (χ3n) is 2.49. The number of phenols is 2. The molecule has 0 heterocycles. The normalized spacial score (nSPS) is 10.1. The summed E-state index contributed by atoms with van der Waals surface area (Å²) in [6.07, 6.45) is 1.55. The smallest absolute Gasteiger partial charge is 0.126 e. The standard InChI is InChI=1S/C11H14O2/c1-5-9-8(4)10(12)6(2)7(3)11(9)13/h5,12-13H,1H2,2-4H3. The lowest BCUT2D eigenvalue weighted by atomic mass is 9.98. The minimum absolute atomic E-state index is 0.211. The van der Waals surface area contributed by atoms with Gasteiger partial charge in [-0.25, -0.2) is 0 Å². The van der Waals surface area contributed by atoms with Crippen molar-refractivity contribution in [2.45, 2.75) is 20.8 Å². The molecule has 0 fully saturated rings. The summed E-state index contributed by atoms with van der Waals surface area (Å²) in [6.45, 7) is 8.91. The van der Waals surface area contributed by atoms with Gasteiger partial charge in [0, 0.05) is 11.1 Å². The van der Waals surface area contributed by atoms with Gasteiger partial charge in [-0.05, 0) is 31.9 Å². The Balaban J connectivity index is 3.66. The summed E-state index contributed by atoms with van der Waals surface area (Å²) in [5.41, 5.74) is 2.72. The Kier molecular flexibility index (Phi) is 2.32. The molecule has 0 aromatic heterocycles. The Morgan fingerprint density at radius 2 is 1.38 bits per heavy atom. The molecular formula is C11H14O2. The van der Waals surface area contributed by atoms with Crippen LogP contribution in [0.15, 0.2) is 6.58 Å². The molecule has 0 saturated heterocycles. The van der Waals surface area contributed by atoms with Crippen molar-refractivity contribution in [1.29, 1.82) is 0 Å². The van der Waals surface area contributed by atoms with Crippen molar-refractivity contribution < 1.29 is 10.2 Å². The lowest BCUT2D eigenvalue weighted by Gasteiger charge is -2.12. The highest BCUT2D eigenvalue weighted by molar-refractivity contribution is 5.67. The van der Waals surface area contributed by atoms with Gasteiger partial charge < -0.3 is 10.2 Å². The minimum Gasteiger partial charge on any atom is -0.507 e. The summed E-state index contributed by atoms with van der Waals surface area (Å²) in [6, 6.07) is 0. The largest absolute Gasteiger partial charge is 0.507 e. The van der Waals surface area contributed by atoms with E-state index in [1.807, 2.05) is 0 Å². The molecule has 0 radical (unpaired) electrons. The summed E-state index contributed by atoms with van der Waals surface area (Å²) >= 11 is 0. The maximum atomic E-state index is 9.70. The number of benzene rings is 1. The first kappa shape index (κ1) is 9.65. The van der Waals surface area contributed by atoms with Gasteiger partial charge in [0.15, 0.2) is 0 Å². The highest BCUT2D eigenvalue weighted by atomic mass is 16.3. The van der Waals surface area contributed by atoms with Crippen LogP contribution < -0.4 is 0 Å². The number of hydrogen-bond donors (Lipinski definition) is 2. The van der Waals surface area contributed by atoms with E-state index < -0.39 is 0 Å². The fraction of sp³-hybridized carbons (Fsp3) is 0.273. The lowest BCUT2D eigenvalue weighted by Crippen LogP contribution is -1.91. The van der Waals surface area contributed by atoms with E-state index in [4.69, 9.17) is 0 Å². The predicted molar refractivity (Wildman–Crippen MR) is 54.1 cm³/mol. The average molecular weight is 178 g/mol. The topological polar surface area (TPSA) is 40.5 Å². The first-order chi connectivity index (χ1) is 6.00. The van der Waals surface area contributed by atoms with Gasteiger partial charge in [-0.2, -0.15) is 0 Å². The van der Waals surface area contributed by atoms with Crippen molar-refractivity contribution in [3.05, 3.63) is 28.8 Å². The van der Waals surface area contributed by atoms with Gasteiger partial charge in [-0.1, -0.05) is 12.7 Å². The van der Waals surface area contributed by atoms with E-state index in [0.717, 1.165) is 5.56 Å². The summed E-state index contributed by atoms with van der Waals surface area (Å²) in [5, 5.41) is 19.4. The highest BCUT2D eigenvalue weighted by Crippen LogP contribution is 2.36. The van der Waals surface area contributed by atoms with Gasteiger partial charge in [-0.3, -0.25) is 0 Å². The molecule has 0 aliphatic rings. The van der Waals surface area contributed by atoms with Crippen LogP contribution >= 0.6 is 0 Å². The van der Waals surface area contributed by atoms with Crippen molar-refractivity contribution in [2.75, 3.05) is 0 Å². The van der Waals surface area contributed by atoms with Crippen LogP contribution in [0.1, 0.15) is 22.3 Å². The second kappa shape index (κ2) is 3.13. The van der Waals surface area contributed by atoms with Gasteiger partial charge in [0.25, 0.3) is 0 Å². The number of phenolic OH excluding ortho intramolecular Hbond substituents is 2. The van der Waals surface area contributed by atoms with Gasteiger partial charge >= 0.3 is 0 Å². The van der Waals surface area contributed by atoms with Crippen LogP contribution in [0.4, 0.5) is 0 Å². The predicted octanol–water partition coefficient (Wildman–Crippen LogP) is 2.67. The van der Waals surface area contributed by atoms with E-state index in [1.165, 1.54) is 0 Å². The van der Waals surface area contributed by atoms with E-state index in [9.17, 15) is 10.2 Å². The molecule has 0 atom stereocenters. The van der Waals surface area contributed by atoms with Gasteiger partial charge in [0.2, 0.25) is 0 Å². The molecule has 2 N–H and O–H groups in total. The minimum atomic E-state index is 0.211. The Morgan fingerprint density at radius 3 is 1.85 bits per heavy atom. The van der Waals surface area contributed by atoms with Gasteiger partial charge in [0.1, 0.15) is 11.5 Å². The molecular weight excluding hydrogens is 164 g/mol. The van der Waals surface area contributed by atoms with Crippen LogP contribution in [0.3, 0.4) is 0 Å². The van der Waals surface area contributed by atoms with Crippen LogP contribution in [0.2, 0.25) is 0 Å². The monoisotopic (exact) mass is 178 g/mol. The molecule has 0 spiro atoms. The SMILES string of the molecule is C=Cc1c(C)c(O)c(C)c(C)c1O. The molecule has 13 heavy (non-hydrogen) atoms. The molecule has 1 rings (SSSR count). The van der Waals surface area contributed by atoms with Crippen LogP contribution in [-0.4, -0.2) is 10.2 Å². The molecule has 0 saturated carbocycles. The quantitative estimate of drug-likeness (QED) is 0.649. The van der Waals surface area contributed by atoms with Crippen molar-refractivity contribution >= 4 is 6.08 Å². The summed E-state index contributed by atoms with van der Waals surface area (Å²) in [4.78, 5) is 0. The van der Waals surface area contributed by atoms with Crippen LogP contribution in [0.5, 0.6) is 11.5 Å². The Hall–Kier alpha value is -1.44. The maximum absolute atomic E-state index is 9.70. The molecule has 70 valence electrons. The van der Waals surface area contributed by atoms with Crippen LogP contribution in [0, 0.1) is 20.8 Å². The molecule has 0 unspecified atom stereocenters. The number of hydrogen-bond acceptors (Lipinski definition) is 2. The number of aromatic hydroxyl groups is 2. The fourth-order valence-corrected chi connectivity index (χ4v) is 1.39. The molecule has 2 nitrogen and oxygen atoms in total. The zero-order valence-corrected chi connectivity index (χ0v) is 8.18. The molecule has 1 aromatic rings. The van der Waals surface area contributed by atoms with Crippen LogP contribution in [-0.2, 0) is 0 Å². The van der Waals surface area contributed by atoms with Crippen LogP contribution in [0.25, 0.3) is 6.08 Å². The summed E-state index contributed by atoms with van der Waals surface area (Å²) < 4.78 is 0. The van der Waals surface area contributed by atoms with E-state index in [1.54, 1.807) is 26.8 Å². The highest BCUT2D eigenvalue weighted by Gasteiger charge is 2.13. The molecule has 0 amide bonds. The van der Waals surface area contributed by atoms with E-state index >= 15 is 0 Å². The maximum Gasteiger partial charge on any atom is 0.126 e. The fourth-order valence-electron chi connectivity index (χ4n) is 1.39. The average Bonchev–Trinajstić information content (AvgIpc) is 2.13. The zero-order valence-electron chi connectivity index (χ0n) is 8.18. The van der Waals surface area contributed by atoms with Crippen molar-refractivity contribution in [3.63, 3.8) is 0 Å². The van der Waals surface area contributed by atoms with Gasteiger partial charge in [0.05, 0.1) is 0 Å². The summed E-state index contributed by atoms with van der Waals surface area (Å²) in [5.74, 6) is 0.452. The zero-order chi connectivity index (χ0) is 10.2. The van der Waals surface area contributed by atoms with E-state index in [-0.39, 0.29) is 11.5 Å². The first-order valence-corrected chi connectivity index (χ1v) is 4.14. The second-order valence-corrected chi connectivity index (χ2v) is 3.19. The Morgan fingerprint density at radius 1 is 0.923 bits per heavy atom. The van der Waals surface area contributed by atoms with Crippen molar-refractivity contribution in [2.24, 2.45) is 0 Å². The third kappa shape index (κ3) is 1.28. The van der Waals surface area contributed by atoms with Gasteiger partial charge in [-0.15, -0.1) is 0 Å². The third-order valence-corrected chi connectivity index (χ3v) is 2.49. The van der Waals surface area contributed by atoms with Crippen molar-refractivity contribution in [3.8, 4) is 11.5 Å². The lowest BCUT2D eigenvalue weighted by molar-refractivity contribution is 0.448. The Bertz CT molecular complexity index is 336. The van der Waals surface area contributed by atoms with E-state index in [2.05, 4.69) is 6.58 Å². The number of rotatable bonds is 1. The molecule has 0 aliphatic heterocycles. The van der Waals surface area contributed by atoms with Crippen molar-refractivity contribution in [1.82, 2.24) is 0 Å².